The van der Waals surface area contributed by atoms with Gasteiger partial charge in [0, 0.05) is 0 Å². The van der Waals surface area contributed by atoms with E-state index in [1.54, 1.807) is 10.4 Å². The van der Waals surface area contributed by atoms with Crippen molar-refractivity contribution in [3.63, 3.8) is 0 Å². The molecule has 0 spiro atoms. The zero-order valence-electron chi connectivity index (χ0n) is 14.5. The monoisotopic (exact) mass is 364 g/mol. The van der Waals surface area contributed by atoms with Crippen LogP contribution in [-0.4, -0.2) is 19.0 Å². The van der Waals surface area contributed by atoms with E-state index in [0.29, 0.717) is 0 Å². The van der Waals surface area contributed by atoms with Gasteiger partial charge in [-0.15, -0.1) is 9.24 Å². The Bertz CT molecular complexity index is 767. The first-order chi connectivity index (χ1) is 11.6. The maximum atomic E-state index is 3.30. The Balaban J connectivity index is 2.01. The maximum absolute atomic E-state index is 3.30. The Morgan fingerprint density at radius 1 is 0.625 bits per heavy atom. The molecule has 0 aliphatic rings. The molecule has 0 bridgehead atoms. The molecule has 0 heterocycles. The second-order valence-corrected chi connectivity index (χ2v) is 15.2. The van der Waals surface area contributed by atoms with Crippen molar-refractivity contribution in [3.8, 4) is 0 Å². The highest BCUT2D eigenvalue weighted by molar-refractivity contribution is 7.29. The van der Waals surface area contributed by atoms with Crippen molar-refractivity contribution < 1.29 is 0 Å². The van der Waals surface area contributed by atoms with Gasteiger partial charge in [0.15, 0.2) is 0 Å². The van der Waals surface area contributed by atoms with Gasteiger partial charge < -0.3 is 0 Å². The summed E-state index contributed by atoms with van der Waals surface area (Å²) in [5, 5.41) is 3.19. The van der Waals surface area contributed by atoms with E-state index in [9.17, 15) is 0 Å². The minimum Gasteiger partial charge on any atom is -0.133 e. The van der Waals surface area contributed by atoms with Gasteiger partial charge in [-0.25, -0.2) is 0 Å². The van der Waals surface area contributed by atoms with Crippen LogP contribution < -0.4 is 10.4 Å². The molecule has 122 valence electrons. The van der Waals surface area contributed by atoms with E-state index in [-0.39, 0.29) is 4.40 Å². The van der Waals surface area contributed by atoms with Crippen LogP contribution in [-0.2, 0) is 4.40 Å². The van der Waals surface area contributed by atoms with Crippen molar-refractivity contribution in [2.24, 2.45) is 0 Å². The first-order valence-electron chi connectivity index (χ1n) is 8.52. The predicted octanol–water partition coefficient (Wildman–Crippen LogP) is 2.28. The van der Waals surface area contributed by atoms with Crippen molar-refractivity contribution in [3.05, 3.63) is 95.6 Å². The lowest BCUT2D eigenvalue weighted by Gasteiger charge is -2.31. The summed E-state index contributed by atoms with van der Waals surface area (Å²) in [7, 11) is 2.38. The average Bonchev–Trinajstić information content (AvgIpc) is 2.60. The largest absolute Gasteiger partial charge is 0.133 e. The van der Waals surface area contributed by atoms with Crippen LogP contribution >= 0.6 is 9.24 Å². The van der Waals surface area contributed by atoms with Gasteiger partial charge in [0.2, 0.25) is 0 Å². The standard InChI is InChI=1S/C21H25PSi2/c1-16-10-6-8-14-19(16)23-21(22,18-12-4-3-5-13-18)24-20-15-9-7-11-17(20)2/h3-15H,22-24H2,1-2H3. The van der Waals surface area contributed by atoms with E-state index in [0.717, 1.165) is 0 Å². The predicted molar refractivity (Wildman–Crippen MR) is 117 cm³/mol. The second kappa shape index (κ2) is 7.61. The average molecular weight is 365 g/mol. The number of aryl methyl sites for hydroxylation is 2. The van der Waals surface area contributed by atoms with E-state index in [1.165, 1.54) is 16.7 Å². The van der Waals surface area contributed by atoms with E-state index >= 15 is 0 Å². The van der Waals surface area contributed by atoms with Crippen molar-refractivity contribution >= 4 is 38.7 Å². The van der Waals surface area contributed by atoms with Crippen molar-refractivity contribution in [2.45, 2.75) is 18.3 Å². The zero-order valence-corrected chi connectivity index (χ0v) is 18.5. The van der Waals surface area contributed by atoms with Crippen LogP contribution in [0.1, 0.15) is 16.7 Å². The van der Waals surface area contributed by atoms with Crippen LogP contribution in [0.15, 0.2) is 78.9 Å². The van der Waals surface area contributed by atoms with Crippen molar-refractivity contribution in [1.29, 1.82) is 0 Å². The molecule has 0 saturated carbocycles. The molecule has 0 N–H and O–H groups in total. The van der Waals surface area contributed by atoms with Crippen molar-refractivity contribution in [2.75, 3.05) is 0 Å². The van der Waals surface area contributed by atoms with E-state index in [1.807, 2.05) is 0 Å². The van der Waals surface area contributed by atoms with E-state index in [2.05, 4.69) is 102 Å². The van der Waals surface area contributed by atoms with Gasteiger partial charge in [-0.2, -0.15) is 0 Å². The summed E-state index contributed by atoms with van der Waals surface area (Å²) in [6.07, 6.45) is 0. The Morgan fingerprint density at radius 2 is 1.04 bits per heavy atom. The lowest BCUT2D eigenvalue weighted by molar-refractivity contribution is 1.23. The van der Waals surface area contributed by atoms with Gasteiger partial charge in [0.1, 0.15) is 0 Å². The lowest BCUT2D eigenvalue weighted by Crippen LogP contribution is -2.45. The minimum atomic E-state index is -0.456. The van der Waals surface area contributed by atoms with Gasteiger partial charge in [-0.1, -0.05) is 100 Å². The molecule has 0 aliphatic carbocycles. The molecule has 3 rings (SSSR count). The van der Waals surface area contributed by atoms with Crippen molar-refractivity contribution in [1.82, 2.24) is 0 Å². The number of hydrogen-bond acceptors (Lipinski definition) is 0. The Hall–Kier alpha value is -1.48. The van der Waals surface area contributed by atoms with Crippen LogP contribution in [0.25, 0.3) is 0 Å². The van der Waals surface area contributed by atoms with Crippen LogP contribution in [0.2, 0.25) is 0 Å². The summed E-state index contributed by atoms with van der Waals surface area (Å²) < 4.78 is 0.277. The summed E-state index contributed by atoms with van der Waals surface area (Å²) in [6.45, 7) is 4.52. The first kappa shape index (κ1) is 17.4. The molecule has 0 fully saturated rings. The molecule has 0 saturated heterocycles. The normalized spacial score (nSPS) is 14.5. The highest BCUT2D eigenvalue weighted by Gasteiger charge is 2.29. The quantitative estimate of drug-likeness (QED) is 0.481. The molecule has 0 amide bonds. The maximum Gasteiger partial charge on any atom is 0.0676 e. The summed E-state index contributed by atoms with van der Waals surface area (Å²) in [4.78, 5) is 0. The van der Waals surface area contributed by atoms with Gasteiger partial charge in [-0.05, 0) is 23.8 Å². The smallest absolute Gasteiger partial charge is 0.0676 e. The van der Waals surface area contributed by atoms with Gasteiger partial charge in [0.25, 0.3) is 0 Å². The minimum absolute atomic E-state index is 0.277. The molecule has 0 nitrogen and oxygen atoms in total. The molecule has 1 atom stereocenters. The van der Waals surface area contributed by atoms with Crippen LogP contribution in [0.4, 0.5) is 0 Å². The fraction of sp³-hybridized carbons (Fsp3) is 0.143. The third kappa shape index (κ3) is 3.95. The zero-order chi connectivity index (χ0) is 17.0. The molecule has 0 radical (unpaired) electrons. The summed E-state index contributed by atoms with van der Waals surface area (Å²) >= 11 is 0. The molecule has 3 aromatic rings. The summed E-state index contributed by atoms with van der Waals surface area (Å²) in [5.74, 6) is 0. The molecular formula is C21H25PSi2. The Kier molecular flexibility index (Phi) is 5.50. The molecule has 0 aliphatic heterocycles. The van der Waals surface area contributed by atoms with Crippen LogP contribution in [0, 0.1) is 13.8 Å². The van der Waals surface area contributed by atoms with Crippen LogP contribution in [0.3, 0.4) is 0 Å². The SMILES string of the molecule is Cc1ccccc1[SiH2]C(P)([SiH2]c1ccccc1C)c1ccccc1. The number of rotatable bonds is 5. The topological polar surface area (TPSA) is 0 Å². The van der Waals surface area contributed by atoms with E-state index < -0.39 is 19.0 Å². The third-order valence-corrected chi connectivity index (χ3v) is 12.4. The molecule has 24 heavy (non-hydrogen) atoms. The first-order valence-corrected chi connectivity index (χ1v) is 11.9. The molecule has 1 unspecified atom stereocenters. The fourth-order valence-electron chi connectivity index (χ4n) is 3.33. The molecule has 3 aromatic carbocycles. The fourth-order valence-corrected chi connectivity index (χ4v) is 10.5. The van der Waals surface area contributed by atoms with Gasteiger partial charge in [-0.3, -0.25) is 0 Å². The molecular weight excluding hydrogens is 339 g/mol. The Morgan fingerprint density at radius 3 is 1.50 bits per heavy atom. The number of hydrogen-bond donors (Lipinski definition) is 0. The third-order valence-electron chi connectivity index (χ3n) is 4.88. The van der Waals surface area contributed by atoms with Gasteiger partial charge >= 0.3 is 0 Å². The second-order valence-electron chi connectivity index (χ2n) is 6.73. The lowest BCUT2D eigenvalue weighted by atomic mass is 10.2. The highest BCUT2D eigenvalue weighted by atomic mass is 31.0. The summed E-state index contributed by atoms with van der Waals surface area (Å²) in [5.41, 5.74) is 4.40. The molecule has 3 heteroatoms. The molecule has 0 aromatic heterocycles. The number of benzene rings is 3. The van der Waals surface area contributed by atoms with Crippen LogP contribution in [0.5, 0.6) is 0 Å². The highest BCUT2D eigenvalue weighted by Crippen LogP contribution is 2.29. The Labute approximate surface area is 152 Å². The van der Waals surface area contributed by atoms with Gasteiger partial charge in [0.05, 0.1) is 19.0 Å². The summed E-state index contributed by atoms with van der Waals surface area (Å²) in [6, 6.07) is 29.0. The van der Waals surface area contributed by atoms with E-state index in [4.69, 9.17) is 0 Å².